The van der Waals surface area contributed by atoms with E-state index in [9.17, 15) is 60.0 Å². The van der Waals surface area contributed by atoms with Crippen molar-refractivity contribution in [2.24, 2.45) is 0 Å². The van der Waals surface area contributed by atoms with Gasteiger partial charge < -0.3 is 90.5 Å². The zero-order chi connectivity index (χ0) is 43.9. The Morgan fingerprint density at radius 3 is 1.33 bits per heavy atom. The zero-order valence-corrected chi connectivity index (χ0v) is 32.6. The second kappa shape index (κ2) is 27.5. The molecule has 2 aliphatic rings. The first-order valence-electron chi connectivity index (χ1n) is 19.0. The van der Waals surface area contributed by atoms with E-state index in [0.29, 0.717) is 24.0 Å². The van der Waals surface area contributed by atoms with Crippen molar-refractivity contribution in [1.29, 1.82) is 0 Å². The van der Waals surface area contributed by atoms with Gasteiger partial charge in [0.1, 0.15) is 75.3 Å². The van der Waals surface area contributed by atoms with Crippen LogP contribution in [0.5, 0.6) is 0 Å². The van der Waals surface area contributed by atoms with Gasteiger partial charge in [0.2, 0.25) is 23.6 Å². The molecular formula is C38H54N4O18. The van der Waals surface area contributed by atoms with Gasteiger partial charge in [0, 0.05) is 24.2 Å². The Morgan fingerprint density at radius 1 is 0.567 bits per heavy atom. The van der Waals surface area contributed by atoms with Crippen LogP contribution >= 0.6 is 0 Å². The summed E-state index contributed by atoms with van der Waals surface area (Å²) in [5.74, 6) is 9.45. The fourth-order valence-electron chi connectivity index (χ4n) is 5.34. The van der Waals surface area contributed by atoms with E-state index in [1.165, 1.54) is 0 Å². The van der Waals surface area contributed by atoms with Gasteiger partial charge >= 0.3 is 0 Å². The van der Waals surface area contributed by atoms with E-state index < -0.39 is 98.3 Å². The summed E-state index contributed by atoms with van der Waals surface area (Å²) in [4.78, 5) is 48.0. The normalized spacial score (nSPS) is 26.1. The van der Waals surface area contributed by atoms with Crippen LogP contribution < -0.4 is 21.3 Å². The van der Waals surface area contributed by atoms with E-state index in [4.69, 9.17) is 28.4 Å². The number of ether oxygens (including phenoxy) is 6. The summed E-state index contributed by atoms with van der Waals surface area (Å²) >= 11 is 0. The topological polar surface area (TPSA) is 334 Å². The van der Waals surface area contributed by atoms with Gasteiger partial charge in [0.15, 0.2) is 12.6 Å². The molecule has 0 aromatic heterocycles. The van der Waals surface area contributed by atoms with Crippen molar-refractivity contribution in [1.82, 2.24) is 21.3 Å². The molecular weight excluding hydrogens is 800 g/mol. The first kappa shape index (κ1) is 50.0. The molecule has 334 valence electrons. The van der Waals surface area contributed by atoms with Crippen LogP contribution in [0.3, 0.4) is 0 Å². The first-order valence-corrected chi connectivity index (χ1v) is 19.0. The molecule has 2 saturated heterocycles. The van der Waals surface area contributed by atoms with Crippen molar-refractivity contribution in [3.8, 4) is 23.7 Å². The van der Waals surface area contributed by atoms with Crippen LogP contribution in [0.1, 0.15) is 24.0 Å². The molecule has 2 heterocycles. The van der Waals surface area contributed by atoms with E-state index >= 15 is 0 Å². The van der Waals surface area contributed by atoms with Crippen LogP contribution in [-0.4, -0.2) is 205 Å². The van der Waals surface area contributed by atoms with Gasteiger partial charge in [-0.25, -0.2) is 0 Å². The minimum atomic E-state index is -1.55. The Bertz CT molecular complexity index is 1510. The number of hydrogen-bond acceptors (Lipinski definition) is 18. The lowest BCUT2D eigenvalue weighted by Gasteiger charge is -2.39. The molecule has 0 bridgehead atoms. The molecule has 2 aliphatic heterocycles. The van der Waals surface area contributed by atoms with Gasteiger partial charge in [-0.15, -0.1) is 0 Å². The number of amides is 4. The van der Waals surface area contributed by atoms with E-state index in [-0.39, 0.29) is 65.8 Å². The van der Waals surface area contributed by atoms with Gasteiger partial charge in [0.05, 0.1) is 39.5 Å². The Labute approximate surface area is 345 Å². The van der Waals surface area contributed by atoms with Crippen molar-refractivity contribution in [3.63, 3.8) is 0 Å². The number of aliphatic hydroxyl groups is 8. The molecule has 4 amide bonds. The molecule has 2 fully saturated rings. The van der Waals surface area contributed by atoms with Crippen molar-refractivity contribution < 1.29 is 88.5 Å². The summed E-state index contributed by atoms with van der Waals surface area (Å²) < 4.78 is 31.4. The molecule has 22 heteroatoms. The highest BCUT2D eigenvalue weighted by molar-refractivity contribution is 5.80. The lowest BCUT2D eigenvalue weighted by molar-refractivity contribution is -0.301. The molecule has 60 heavy (non-hydrogen) atoms. The summed E-state index contributed by atoms with van der Waals surface area (Å²) in [6.07, 6.45) is -13.2. The number of nitrogens with one attached hydrogen (secondary N) is 4. The minimum Gasteiger partial charge on any atom is -0.394 e. The highest BCUT2D eigenvalue weighted by Gasteiger charge is 2.45. The van der Waals surface area contributed by atoms with Gasteiger partial charge in [-0.2, -0.15) is 0 Å². The van der Waals surface area contributed by atoms with Gasteiger partial charge in [-0.3, -0.25) is 19.2 Å². The smallest absolute Gasteiger partial charge is 0.246 e. The lowest BCUT2D eigenvalue weighted by Crippen LogP contribution is -2.59. The van der Waals surface area contributed by atoms with Crippen molar-refractivity contribution >= 4 is 23.6 Å². The fraction of sp³-hybridized carbons (Fsp3) is 0.632. The summed E-state index contributed by atoms with van der Waals surface area (Å²) in [6.45, 7) is -2.24. The molecule has 22 nitrogen and oxygen atoms in total. The van der Waals surface area contributed by atoms with Crippen LogP contribution in [0.15, 0.2) is 24.3 Å². The van der Waals surface area contributed by atoms with Gasteiger partial charge in [0.25, 0.3) is 0 Å². The number of benzene rings is 1. The number of carbonyl (C=O) groups excluding carboxylic acids is 4. The summed E-state index contributed by atoms with van der Waals surface area (Å²) in [5, 5.41) is 87.7. The highest BCUT2D eigenvalue weighted by Crippen LogP contribution is 2.23. The summed E-state index contributed by atoms with van der Waals surface area (Å²) in [6, 6.07) is 6.95. The maximum absolute atomic E-state index is 12.0. The van der Waals surface area contributed by atoms with Crippen LogP contribution in [0.25, 0.3) is 0 Å². The zero-order valence-electron chi connectivity index (χ0n) is 32.6. The minimum absolute atomic E-state index is 0.0119. The first-order chi connectivity index (χ1) is 28.8. The molecule has 10 atom stereocenters. The maximum atomic E-state index is 12.0. The van der Waals surface area contributed by atoms with Crippen molar-refractivity contribution in [2.75, 3.05) is 79.0 Å². The number of rotatable bonds is 22. The average molecular weight is 855 g/mol. The second-order valence-electron chi connectivity index (χ2n) is 13.3. The predicted octanol–water partition coefficient (Wildman–Crippen LogP) is -6.70. The van der Waals surface area contributed by atoms with E-state index in [2.05, 4.69) is 44.9 Å². The molecule has 12 N–H and O–H groups in total. The Hall–Kier alpha value is -4.34. The average Bonchev–Trinajstić information content (AvgIpc) is 3.23. The predicted molar refractivity (Wildman–Crippen MR) is 203 cm³/mol. The molecule has 0 unspecified atom stereocenters. The van der Waals surface area contributed by atoms with Crippen molar-refractivity contribution in [2.45, 2.75) is 74.3 Å². The number of carbonyl (C=O) groups is 4. The van der Waals surface area contributed by atoms with E-state index in [1.54, 1.807) is 24.3 Å². The largest absolute Gasteiger partial charge is 0.394 e. The Balaban J connectivity index is 1.19. The van der Waals surface area contributed by atoms with E-state index in [1.807, 2.05) is 0 Å². The molecule has 0 radical (unpaired) electrons. The number of hydrogen-bond donors (Lipinski definition) is 12. The third-order valence-electron chi connectivity index (χ3n) is 8.56. The standard InChI is InChI=1S/C38H54N4O18/c43-17-25-31(49)33(51)35(53)37(59-25)57-14-4-12-41-29(47)21-55-19-27(45)39-10-2-8-23-6-1-7-24(16-23)9-3-11-40-28(46)20-56-22-30(48)42-13-5-15-58-38-36(54)34(52)32(50)26(18-44)60-38/h1,6-7,16,25-26,31-38,43-44,49-54H,4-5,10-15,17-22H2,(H,39,45)(H,40,46)(H,41,47)(H,42,48)/t25-,26-,31-,32-,33+,34+,35+,36+,37+,38+/m1/s1. The van der Waals surface area contributed by atoms with Gasteiger partial charge in [-0.1, -0.05) is 29.7 Å². The Morgan fingerprint density at radius 2 is 0.950 bits per heavy atom. The van der Waals surface area contributed by atoms with Crippen LogP contribution in [0.4, 0.5) is 0 Å². The van der Waals surface area contributed by atoms with Crippen LogP contribution in [0, 0.1) is 23.7 Å². The third kappa shape index (κ3) is 17.7. The molecule has 0 spiro atoms. The van der Waals surface area contributed by atoms with Gasteiger partial charge in [-0.05, 0) is 31.0 Å². The lowest BCUT2D eigenvalue weighted by atomic mass is 9.99. The molecule has 3 rings (SSSR count). The quantitative estimate of drug-likeness (QED) is 0.0381. The van der Waals surface area contributed by atoms with E-state index in [0.717, 1.165) is 0 Å². The fourth-order valence-corrected chi connectivity index (χ4v) is 5.34. The van der Waals surface area contributed by atoms with Crippen molar-refractivity contribution in [3.05, 3.63) is 35.4 Å². The van der Waals surface area contributed by atoms with Crippen LogP contribution in [0.2, 0.25) is 0 Å². The molecule has 0 saturated carbocycles. The molecule has 0 aliphatic carbocycles. The maximum Gasteiger partial charge on any atom is 0.246 e. The third-order valence-corrected chi connectivity index (χ3v) is 8.56. The number of aliphatic hydroxyl groups excluding tert-OH is 8. The Kier molecular flexibility index (Phi) is 22.9. The van der Waals surface area contributed by atoms with Crippen LogP contribution in [-0.2, 0) is 47.6 Å². The highest BCUT2D eigenvalue weighted by atomic mass is 16.7. The monoisotopic (exact) mass is 854 g/mol. The second-order valence-corrected chi connectivity index (χ2v) is 13.3. The summed E-state index contributed by atoms with van der Waals surface area (Å²) in [7, 11) is 0. The molecule has 1 aromatic carbocycles. The molecule has 1 aromatic rings. The SMILES string of the molecule is O=C(COCC(=O)NCCCO[C@H]1O[C@H](CO)[C@@H](O)[C@H](O)[C@@H]1O)NCC#Cc1cccc(C#CCNC(=O)COCC(=O)NCCCO[C@H]2O[C@H](CO)[C@@H](O)[C@H](O)[C@@H]2O)c1. The summed E-state index contributed by atoms with van der Waals surface area (Å²) in [5.41, 5.74) is 1.25.